The SMILES string of the molecule is c1ccc(-c2cccc3cccc(-c4ccc(Nc5ccc(-c6ccccc6-n6c7ccccc7c7ccccc76)cc5)cc4)c23)cc1. The fourth-order valence-electron chi connectivity index (χ4n) is 7.17. The van der Waals surface area contributed by atoms with Gasteiger partial charge in [0.15, 0.2) is 0 Å². The van der Waals surface area contributed by atoms with Gasteiger partial charge in [-0.2, -0.15) is 0 Å². The number of hydrogen-bond donors (Lipinski definition) is 1. The fourth-order valence-corrected chi connectivity index (χ4v) is 7.17. The Bertz CT molecular complexity index is 2500. The molecule has 0 saturated heterocycles. The van der Waals surface area contributed by atoms with Crippen molar-refractivity contribution in [1.82, 2.24) is 4.57 Å². The molecule has 0 saturated carbocycles. The molecule has 2 nitrogen and oxygen atoms in total. The molecule has 0 bridgehead atoms. The largest absolute Gasteiger partial charge is 0.356 e. The summed E-state index contributed by atoms with van der Waals surface area (Å²) in [6.45, 7) is 0. The van der Waals surface area contributed by atoms with Crippen LogP contribution in [0.4, 0.5) is 11.4 Å². The molecule has 0 amide bonds. The summed E-state index contributed by atoms with van der Waals surface area (Å²) in [6.07, 6.45) is 0. The van der Waals surface area contributed by atoms with E-state index < -0.39 is 0 Å². The number of nitrogens with zero attached hydrogens (tertiary/aromatic N) is 1. The molecule has 1 heterocycles. The zero-order valence-corrected chi connectivity index (χ0v) is 26.3. The van der Waals surface area contributed by atoms with Crippen molar-refractivity contribution in [2.75, 3.05) is 5.32 Å². The molecule has 0 aliphatic carbocycles. The molecule has 0 radical (unpaired) electrons. The summed E-state index contributed by atoms with van der Waals surface area (Å²) < 4.78 is 2.40. The summed E-state index contributed by atoms with van der Waals surface area (Å²) in [7, 11) is 0. The summed E-state index contributed by atoms with van der Waals surface area (Å²) in [4.78, 5) is 0. The van der Waals surface area contributed by atoms with E-state index in [1.54, 1.807) is 0 Å². The second kappa shape index (κ2) is 11.8. The van der Waals surface area contributed by atoms with E-state index in [0.717, 1.165) is 11.4 Å². The first-order valence-corrected chi connectivity index (χ1v) is 16.4. The van der Waals surface area contributed by atoms with Crippen molar-refractivity contribution in [1.29, 1.82) is 0 Å². The Kier molecular flexibility index (Phi) is 6.84. The van der Waals surface area contributed by atoms with Crippen LogP contribution in [0.5, 0.6) is 0 Å². The van der Waals surface area contributed by atoms with E-state index in [-0.39, 0.29) is 0 Å². The van der Waals surface area contributed by atoms with Crippen LogP contribution in [-0.2, 0) is 0 Å². The Balaban J connectivity index is 1.02. The number of para-hydroxylation sites is 3. The predicted octanol–water partition coefficient (Wildman–Crippen LogP) is 12.7. The lowest BCUT2D eigenvalue weighted by molar-refractivity contribution is 1.18. The maximum absolute atomic E-state index is 3.62. The minimum Gasteiger partial charge on any atom is -0.356 e. The van der Waals surface area contributed by atoms with Gasteiger partial charge in [-0.05, 0) is 81.1 Å². The van der Waals surface area contributed by atoms with Crippen LogP contribution in [-0.4, -0.2) is 4.57 Å². The van der Waals surface area contributed by atoms with Gasteiger partial charge in [0.25, 0.3) is 0 Å². The number of rotatable bonds is 6. The van der Waals surface area contributed by atoms with Gasteiger partial charge in [0.1, 0.15) is 0 Å². The molecule has 0 fully saturated rings. The van der Waals surface area contributed by atoms with Gasteiger partial charge in [-0.15, -0.1) is 0 Å². The third-order valence-electron chi connectivity index (χ3n) is 9.40. The Hall–Kier alpha value is -6.38. The lowest BCUT2D eigenvalue weighted by Gasteiger charge is -2.15. The summed E-state index contributed by atoms with van der Waals surface area (Å²) in [5.41, 5.74) is 13.0. The molecule has 8 aromatic carbocycles. The standard InChI is InChI=1S/C46H32N2/c1-2-12-32(13-3-1)39-19-10-14-35-15-11-20-40(46(35)39)34-26-30-37(31-27-34)47-36-28-24-33(25-29-36)38-16-4-7-21-43(38)48-44-22-8-5-17-41(44)42-18-6-9-23-45(42)48/h1-31,47H. The van der Waals surface area contributed by atoms with E-state index >= 15 is 0 Å². The highest BCUT2D eigenvalue weighted by molar-refractivity contribution is 6.10. The highest BCUT2D eigenvalue weighted by Crippen LogP contribution is 2.38. The van der Waals surface area contributed by atoms with E-state index in [1.807, 2.05) is 0 Å². The van der Waals surface area contributed by atoms with Crippen LogP contribution in [0, 0.1) is 0 Å². The van der Waals surface area contributed by atoms with Crippen molar-refractivity contribution in [3.8, 4) is 39.1 Å². The van der Waals surface area contributed by atoms with Crippen LogP contribution < -0.4 is 5.32 Å². The molecule has 48 heavy (non-hydrogen) atoms. The molecule has 9 rings (SSSR count). The second-order valence-corrected chi connectivity index (χ2v) is 12.2. The van der Waals surface area contributed by atoms with Gasteiger partial charge < -0.3 is 9.88 Å². The van der Waals surface area contributed by atoms with Crippen molar-refractivity contribution in [2.24, 2.45) is 0 Å². The monoisotopic (exact) mass is 612 g/mol. The number of benzene rings is 8. The van der Waals surface area contributed by atoms with Gasteiger partial charge in [0, 0.05) is 27.7 Å². The summed E-state index contributed by atoms with van der Waals surface area (Å²) >= 11 is 0. The molecule has 0 atom stereocenters. The van der Waals surface area contributed by atoms with Crippen molar-refractivity contribution in [3.63, 3.8) is 0 Å². The Morgan fingerprint density at radius 2 is 0.792 bits per heavy atom. The summed E-state index contributed by atoms with van der Waals surface area (Å²) in [5.74, 6) is 0. The first-order chi connectivity index (χ1) is 23.8. The van der Waals surface area contributed by atoms with Crippen LogP contribution in [0.25, 0.3) is 71.6 Å². The fraction of sp³-hybridized carbons (Fsp3) is 0. The zero-order chi connectivity index (χ0) is 31.9. The van der Waals surface area contributed by atoms with Crippen molar-refractivity contribution in [2.45, 2.75) is 0 Å². The number of anilines is 2. The van der Waals surface area contributed by atoms with Gasteiger partial charge >= 0.3 is 0 Å². The lowest BCUT2D eigenvalue weighted by Crippen LogP contribution is -1.97. The normalized spacial score (nSPS) is 11.3. The number of nitrogens with one attached hydrogen (secondary N) is 1. The average Bonchev–Trinajstić information content (AvgIpc) is 3.50. The van der Waals surface area contributed by atoms with Crippen LogP contribution >= 0.6 is 0 Å². The van der Waals surface area contributed by atoms with E-state index in [1.165, 1.54) is 71.6 Å². The van der Waals surface area contributed by atoms with Gasteiger partial charge in [-0.1, -0.05) is 146 Å². The summed E-state index contributed by atoms with van der Waals surface area (Å²) in [5, 5.41) is 8.69. The molecule has 9 aromatic rings. The molecular formula is C46H32N2. The average molecular weight is 613 g/mol. The first kappa shape index (κ1) is 27.9. The molecular weight excluding hydrogens is 581 g/mol. The highest BCUT2D eigenvalue weighted by Gasteiger charge is 2.15. The van der Waals surface area contributed by atoms with Crippen LogP contribution in [0.2, 0.25) is 0 Å². The maximum atomic E-state index is 3.62. The van der Waals surface area contributed by atoms with Gasteiger partial charge in [-0.25, -0.2) is 0 Å². The Morgan fingerprint density at radius 3 is 1.40 bits per heavy atom. The molecule has 2 heteroatoms. The summed E-state index contributed by atoms with van der Waals surface area (Å²) in [6, 6.07) is 67.4. The topological polar surface area (TPSA) is 17.0 Å². The third kappa shape index (κ3) is 4.83. The predicted molar refractivity (Wildman–Crippen MR) is 204 cm³/mol. The first-order valence-electron chi connectivity index (χ1n) is 16.4. The number of fused-ring (bicyclic) bond motifs is 4. The maximum Gasteiger partial charge on any atom is 0.0541 e. The Morgan fingerprint density at radius 1 is 0.333 bits per heavy atom. The van der Waals surface area contributed by atoms with E-state index in [2.05, 4.69) is 198 Å². The van der Waals surface area contributed by atoms with Crippen molar-refractivity contribution in [3.05, 3.63) is 188 Å². The van der Waals surface area contributed by atoms with Gasteiger partial charge in [-0.3, -0.25) is 0 Å². The number of hydrogen-bond acceptors (Lipinski definition) is 1. The molecule has 0 aliphatic heterocycles. The molecule has 0 unspecified atom stereocenters. The van der Waals surface area contributed by atoms with Gasteiger partial charge in [0.2, 0.25) is 0 Å². The van der Waals surface area contributed by atoms with Crippen LogP contribution in [0.15, 0.2) is 188 Å². The molecule has 1 aromatic heterocycles. The van der Waals surface area contributed by atoms with Crippen LogP contribution in [0.1, 0.15) is 0 Å². The molecule has 0 spiro atoms. The molecule has 226 valence electrons. The van der Waals surface area contributed by atoms with Crippen molar-refractivity contribution < 1.29 is 0 Å². The zero-order valence-electron chi connectivity index (χ0n) is 26.3. The minimum atomic E-state index is 1.05. The highest BCUT2D eigenvalue weighted by atomic mass is 15.0. The second-order valence-electron chi connectivity index (χ2n) is 12.2. The smallest absolute Gasteiger partial charge is 0.0541 e. The lowest BCUT2D eigenvalue weighted by atomic mass is 9.91. The minimum absolute atomic E-state index is 1.05. The van der Waals surface area contributed by atoms with E-state index in [0.29, 0.717) is 0 Å². The quantitative estimate of drug-likeness (QED) is 0.198. The third-order valence-corrected chi connectivity index (χ3v) is 9.40. The van der Waals surface area contributed by atoms with E-state index in [9.17, 15) is 0 Å². The number of aromatic nitrogens is 1. The molecule has 0 aliphatic rings. The molecule has 1 N–H and O–H groups in total. The van der Waals surface area contributed by atoms with Crippen LogP contribution in [0.3, 0.4) is 0 Å². The van der Waals surface area contributed by atoms with Crippen molar-refractivity contribution >= 4 is 44.0 Å². The van der Waals surface area contributed by atoms with Gasteiger partial charge in [0.05, 0.1) is 16.7 Å². The Labute approximate surface area is 280 Å². The van der Waals surface area contributed by atoms with E-state index in [4.69, 9.17) is 0 Å².